The number of halogens is 3. The second-order valence-corrected chi connectivity index (χ2v) is 7.90. The van der Waals surface area contributed by atoms with Gasteiger partial charge >= 0.3 is 6.61 Å². The quantitative estimate of drug-likeness (QED) is 0.281. The van der Waals surface area contributed by atoms with E-state index in [0.29, 0.717) is 24.7 Å². The molecule has 1 heterocycles. The lowest BCUT2D eigenvalue weighted by Gasteiger charge is -2.30. The van der Waals surface area contributed by atoms with Crippen LogP contribution < -0.4 is 20.3 Å². The van der Waals surface area contributed by atoms with E-state index in [4.69, 9.17) is 0 Å². The Bertz CT molecular complexity index is 687. The molecule has 30 heavy (non-hydrogen) atoms. The second kappa shape index (κ2) is 11.9. The molecule has 1 saturated heterocycles. The molecular weight excluding hydrogens is 505 g/mol. The van der Waals surface area contributed by atoms with Gasteiger partial charge in [-0.15, -0.1) is 24.0 Å². The fraction of sp³-hybridized carbons (Fsp3) is 0.667. The molecule has 1 aliphatic carbocycles. The molecule has 1 aliphatic heterocycles. The maximum Gasteiger partial charge on any atom is 0.387 e. The molecule has 1 aromatic rings. The summed E-state index contributed by atoms with van der Waals surface area (Å²) >= 11 is 0. The molecule has 2 aliphatic rings. The van der Waals surface area contributed by atoms with E-state index in [1.54, 1.807) is 18.2 Å². The third kappa shape index (κ3) is 7.11. The van der Waals surface area contributed by atoms with Crippen molar-refractivity contribution in [3.05, 3.63) is 24.3 Å². The number of nitrogens with one attached hydrogen (secondary N) is 2. The second-order valence-electron chi connectivity index (χ2n) is 7.90. The van der Waals surface area contributed by atoms with Crippen LogP contribution in [0.5, 0.6) is 5.75 Å². The van der Waals surface area contributed by atoms with Crippen molar-refractivity contribution in [1.29, 1.82) is 0 Å². The fourth-order valence-electron chi connectivity index (χ4n) is 4.12. The lowest BCUT2D eigenvalue weighted by Crippen LogP contribution is -2.46. The Morgan fingerprint density at radius 2 is 2.03 bits per heavy atom. The lowest BCUT2D eigenvalue weighted by molar-refractivity contribution is -0.0495. The highest BCUT2D eigenvalue weighted by atomic mass is 127. The molecule has 3 rings (SSSR count). The number of nitrogens with zero attached hydrogens (tertiary/aromatic N) is 2. The average Bonchev–Trinajstić information content (AvgIpc) is 3.15. The first kappa shape index (κ1) is 24.9. The van der Waals surface area contributed by atoms with Gasteiger partial charge < -0.3 is 25.4 Å². The number of aliphatic hydroxyl groups is 1. The van der Waals surface area contributed by atoms with E-state index < -0.39 is 12.2 Å². The Kier molecular flexibility index (Phi) is 9.86. The van der Waals surface area contributed by atoms with Gasteiger partial charge in [-0.3, -0.25) is 4.99 Å². The van der Waals surface area contributed by atoms with Crippen molar-refractivity contribution in [3.8, 4) is 5.75 Å². The van der Waals surface area contributed by atoms with Crippen LogP contribution in [-0.4, -0.2) is 55.5 Å². The summed E-state index contributed by atoms with van der Waals surface area (Å²) in [5.74, 6) is 0.888. The molecule has 1 unspecified atom stereocenters. The number of para-hydroxylation sites is 2. The highest BCUT2D eigenvalue weighted by molar-refractivity contribution is 14.0. The summed E-state index contributed by atoms with van der Waals surface area (Å²) in [6.45, 7) is 1.69. The minimum Gasteiger partial charge on any atom is -0.433 e. The van der Waals surface area contributed by atoms with Crippen LogP contribution >= 0.6 is 24.0 Å². The van der Waals surface area contributed by atoms with E-state index in [2.05, 4.69) is 20.4 Å². The van der Waals surface area contributed by atoms with Gasteiger partial charge in [0.05, 0.1) is 17.8 Å². The topological polar surface area (TPSA) is 69.1 Å². The number of ether oxygens (including phenoxy) is 1. The molecule has 0 radical (unpaired) electrons. The van der Waals surface area contributed by atoms with Crippen molar-refractivity contribution in [2.75, 3.05) is 31.1 Å². The van der Waals surface area contributed by atoms with Crippen molar-refractivity contribution in [2.45, 2.75) is 63.7 Å². The molecule has 9 heteroatoms. The lowest BCUT2D eigenvalue weighted by atomic mass is 9.85. The number of alkyl halides is 2. The zero-order valence-electron chi connectivity index (χ0n) is 17.4. The third-order valence-electron chi connectivity index (χ3n) is 5.61. The molecule has 170 valence electrons. The van der Waals surface area contributed by atoms with Crippen molar-refractivity contribution in [2.24, 2.45) is 4.99 Å². The van der Waals surface area contributed by atoms with Gasteiger partial charge in [0.1, 0.15) is 5.75 Å². The number of anilines is 1. The molecule has 0 bridgehead atoms. The number of benzene rings is 1. The van der Waals surface area contributed by atoms with Gasteiger partial charge in [-0.25, -0.2) is 0 Å². The fourth-order valence-corrected chi connectivity index (χ4v) is 4.12. The summed E-state index contributed by atoms with van der Waals surface area (Å²) in [4.78, 5) is 6.68. The van der Waals surface area contributed by atoms with Crippen LogP contribution in [0.2, 0.25) is 0 Å². The van der Waals surface area contributed by atoms with E-state index in [1.807, 2.05) is 17.9 Å². The van der Waals surface area contributed by atoms with E-state index in [1.165, 1.54) is 6.42 Å². The van der Waals surface area contributed by atoms with Gasteiger partial charge in [0.15, 0.2) is 5.96 Å². The largest absolute Gasteiger partial charge is 0.433 e. The summed E-state index contributed by atoms with van der Waals surface area (Å²) < 4.78 is 30.1. The smallest absolute Gasteiger partial charge is 0.387 e. The van der Waals surface area contributed by atoms with Crippen LogP contribution in [0.1, 0.15) is 45.4 Å². The summed E-state index contributed by atoms with van der Waals surface area (Å²) in [7, 11) is 0. The van der Waals surface area contributed by atoms with Crippen LogP contribution in [0.3, 0.4) is 0 Å². The number of hydrogen-bond acceptors (Lipinski definition) is 4. The minimum atomic E-state index is -2.84. The van der Waals surface area contributed by atoms with Crippen LogP contribution in [-0.2, 0) is 0 Å². The van der Waals surface area contributed by atoms with Crippen molar-refractivity contribution < 1.29 is 18.6 Å². The number of aliphatic imine (C=N–C) groups is 1. The molecule has 2 fully saturated rings. The summed E-state index contributed by atoms with van der Waals surface area (Å²) in [5.41, 5.74) is -0.0241. The average molecular weight is 538 g/mol. The first-order chi connectivity index (χ1) is 14.0. The SMILES string of the molecule is CCNC(=NCC1(O)CCCCC1)NC1CCN(c2ccccc2OC(F)F)C1.I. The van der Waals surface area contributed by atoms with Crippen LogP contribution in [0.25, 0.3) is 0 Å². The molecule has 1 saturated carbocycles. The van der Waals surface area contributed by atoms with Gasteiger partial charge in [0.25, 0.3) is 0 Å². The maximum atomic E-state index is 12.7. The number of guanidine groups is 1. The predicted molar refractivity (Wildman–Crippen MR) is 126 cm³/mol. The summed E-state index contributed by atoms with van der Waals surface area (Å²) in [6.07, 6.45) is 5.74. The Balaban J connectivity index is 0.00000320. The molecular formula is C21H33F2IN4O2. The molecule has 0 aromatic heterocycles. The Labute approximate surface area is 194 Å². The Hall–Kier alpha value is -1.36. The Morgan fingerprint density at radius 1 is 1.30 bits per heavy atom. The molecule has 1 atom stereocenters. The van der Waals surface area contributed by atoms with Gasteiger partial charge in [-0.05, 0) is 38.3 Å². The minimum absolute atomic E-state index is 0. The standard InChI is InChI=1S/C21H32F2N4O2.HI/c1-2-24-20(25-15-21(28)11-6-3-7-12-21)26-16-10-13-27(14-16)17-8-4-5-9-18(17)29-19(22)23;/h4-5,8-9,16,19,28H,2-3,6-7,10-15H2,1H3,(H2,24,25,26);1H. The summed E-state index contributed by atoms with van der Waals surface area (Å²) in [5, 5.41) is 17.4. The normalized spacial score (nSPS) is 21.3. The number of hydrogen-bond donors (Lipinski definition) is 3. The zero-order valence-corrected chi connectivity index (χ0v) is 19.8. The van der Waals surface area contributed by atoms with Crippen LogP contribution in [0.15, 0.2) is 29.3 Å². The first-order valence-electron chi connectivity index (χ1n) is 10.5. The first-order valence-corrected chi connectivity index (χ1v) is 10.5. The van der Waals surface area contributed by atoms with E-state index in [-0.39, 0.29) is 35.8 Å². The monoisotopic (exact) mass is 538 g/mol. The Morgan fingerprint density at radius 3 is 2.73 bits per heavy atom. The maximum absolute atomic E-state index is 12.7. The molecule has 0 spiro atoms. The van der Waals surface area contributed by atoms with Crippen molar-refractivity contribution in [3.63, 3.8) is 0 Å². The zero-order chi connectivity index (χ0) is 20.7. The highest BCUT2D eigenvalue weighted by Crippen LogP contribution is 2.32. The predicted octanol–water partition coefficient (Wildman–Crippen LogP) is 3.74. The van der Waals surface area contributed by atoms with E-state index in [0.717, 1.165) is 45.2 Å². The summed E-state index contributed by atoms with van der Waals surface area (Å²) in [6, 6.07) is 7.02. The van der Waals surface area contributed by atoms with Crippen LogP contribution in [0, 0.1) is 0 Å². The van der Waals surface area contributed by atoms with E-state index >= 15 is 0 Å². The molecule has 3 N–H and O–H groups in total. The molecule has 0 amide bonds. The highest BCUT2D eigenvalue weighted by Gasteiger charge is 2.30. The van der Waals surface area contributed by atoms with Crippen LogP contribution in [0.4, 0.5) is 14.5 Å². The van der Waals surface area contributed by atoms with E-state index in [9.17, 15) is 13.9 Å². The van der Waals surface area contributed by atoms with Gasteiger partial charge in [0, 0.05) is 25.7 Å². The van der Waals surface area contributed by atoms with Crippen molar-refractivity contribution in [1.82, 2.24) is 10.6 Å². The van der Waals surface area contributed by atoms with Gasteiger partial charge in [-0.2, -0.15) is 8.78 Å². The molecule has 6 nitrogen and oxygen atoms in total. The molecule has 1 aromatic carbocycles. The van der Waals surface area contributed by atoms with Gasteiger partial charge in [-0.1, -0.05) is 31.4 Å². The van der Waals surface area contributed by atoms with Gasteiger partial charge in [0.2, 0.25) is 0 Å². The number of rotatable bonds is 7. The van der Waals surface area contributed by atoms with Crippen molar-refractivity contribution >= 4 is 35.6 Å². The third-order valence-corrected chi connectivity index (χ3v) is 5.61.